The van der Waals surface area contributed by atoms with Crippen LogP contribution in [0.2, 0.25) is 10.0 Å². The number of carbonyl (C=O) groups is 2. The fraction of sp³-hybridized carbons (Fsp3) is 0.273. The van der Waals surface area contributed by atoms with Gasteiger partial charge in [-0.2, -0.15) is 0 Å². The molecule has 0 unspecified atom stereocenters. The van der Waals surface area contributed by atoms with E-state index in [9.17, 15) is 9.59 Å². The van der Waals surface area contributed by atoms with Crippen molar-refractivity contribution in [1.29, 1.82) is 0 Å². The molecule has 0 aromatic heterocycles. The van der Waals surface area contributed by atoms with Crippen molar-refractivity contribution in [3.05, 3.63) is 33.8 Å². The van der Waals surface area contributed by atoms with Gasteiger partial charge in [0.05, 0.1) is 15.6 Å². The van der Waals surface area contributed by atoms with Crippen molar-refractivity contribution < 1.29 is 14.7 Å². The van der Waals surface area contributed by atoms with E-state index in [0.717, 1.165) is 0 Å². The van der Waals surface area contributed by atoms with Crippen LogP contribution < -0.4 is 5.32 Å². The van der Waals surface area contributed by atoms with Crippen LogP contribution in [0.25, 0.3) is 0 Å². The molecular weight excluding hydrogens is 265 g/mol. The van der Waals surface area contributed by atoms with Gasteiger partial charge in [-0.15, -0.1) is 0 Å². The second kappa shape index (κ2) is 4.94. The SMILES string of the molecule is CC(C)(NC(=O)c1cccc(Cl)c1Cl)C(=O)O. The number of hydrogen-bond donors (Lipinski definition) is 2. The van der Waals surface area contributed by atoms with Crippen molar-refractivity contribution in [3.63, 3.8) is 0 Å². The first kappa shape index (κ1) is 13.8. The number of carboxylic acid groups (broad SMARTS) is 1. The second-order valence-electron chi connectivity index (χ2n) is 3.99. The molecular formula is C11H11Cl2NO3. The van der Waals surface area contributed by atoms with E-state index in [2.05, 4.69) is 5.32 Å². The maximum atomic E-state index is 11.8. The second-order valence-corrected chi connectivity index (χ2v) is 4.77. The van der Waals surface area contributed by atoms with E-state index in [-0.39, 0.29) is 15.6 Å². The third-order valence-electron chi connectivity index (χ3n) is 2.16. The Morgan fingerprint density at radius 2 is 1.88 bits per heavy atom. The number of amides is 1. The van der Waals surface area contributed by atoms with Crippen molar-refractivity contribution in [2.75, 3.05) is 0 Å². The van der Waals surface area contributed by atoms with Crippen LogP contribution in [0.1, 0.15) is 24.2 Å². The molecule has 0 bridgehead atoms. The molecule has 1 amide bonds. The molecule has 0 radical (unpaired) electrons. The summed E-state index contributed by atoms with van der Waals surface area (Å²) in [4.78, 5) is 22.7. The monoisotopic (exact) mass is 275 g/mol. The van der Waals surface area contributed by atoms with Crippen LogP contribution >= 0.6 is 23.2 Å². The van der Waals surface area contributed by atoms with Gasteiger partial charge in [-0.05, 0) is 26.0 Å². The number of carbonyl (C=O) groups excluding carboxylic acids is 1. The number of benzene rings is 1. The predicted molar refractivity (Wildman–Crippen MR) is 65.6 cm³/mol. The Balaban J connectivity index is 2.99. The van der Waals surface area contributed by atoms with Gasteiger partial charge in [0.2, 0.25) is 0 Å². The molecule has 1 rings (SSSR count). The van der Waals surface area contributed by atoms with E-state index in [1.807, 2.05) is 0 Å². The minimum absolute atomic E-state index is 0.104. The molecule has 0 aliphatic heterocycles. The first-order valence-electron chi connectivity index (χ1n) is 4.75. The number of hydrogen-bond acceptors (Lipinski definition) is 2. The van der Waals surface area contributed by atoms with Gasteiger partial charge in [0.15, 0.2) is 0 Å². The van der Waals surface area contributed by atoms with Gasteiger partial charge in [0.1, 0.15) is 5.54 Å². The van der Waals surface area contributed by atoms with Gasteiger partial charge in [-0.1, -0.05) is 29.3 Å². The maximum absolute atomic E-state index is 11.8. The van der Waals surface area contributed by atoms with Crippen LogP contribution in [0.5, 0.6) is 0 Å². The minimum Gasteiger partial charge on any atom is -0.480 e. The van der Waals surface area contributed by atoms with Crippen LogP contribution in [-0.2, 0) is 4.79 Å². The molecule has 6 heteroatoms. The van der Waals surface area contributed by atoms with Gasteiger partial charge in [-0.3, -0.25) is 4.79 Å². The Hall–Kier alpha value is -1.26. The molecule has 17 heavy (non-hydrogen) atoms. The maximum Gasteiger partial charge on any atom is 0.328 e. The molecule has 0 fully saturated rings. The average Bonchev–Trinajstić information content (AvgIpc) is 2.21. The Morgan fingerprint density at radius 1 is 1.29 bits per heavy atom. The Labute approximate surface area is 109 Å². The lowest BCUT2D eigenvalue weighted by molar-refractivity contribution is -0.143. The standard InChI is InChI=1S/C11H11Cl2NO3/c1-11(2,10(16)17)14-9(15)6-4-3-5-7(12)8(6)13/h3-5H,1-2H3,(H,14,15)(H,16,17). The molecule has 0 spiro atoms. The number of carboxylic acids is 1. The van der Waals surface area contributed by atoms with Crippen molar-refractivity contribution >= 4 is 35.1 Å². The predicted octanol–water partition coefficient (Wildman–Crippen LogP) is 2.59. The lowest BCUT2D eigenvalue weighted by atomic mass is 10.1. The average molecular weight is 276 g/mol. The lowest BCUT2D eigenvalue weighted by Crippen LogP contribution is -2.49. The molecule has 4 nitrogen and oxygen atoms in total. The summed E-state index contributed by atoms with van der Waals surface area (Å²) in [6, 6.07) is 4.58. The van der Waals surface area contributed by atoms with Crippen molar-refractivity contribution in [2.45, 2.75) is 19.4 Å². The molecule has 1 aromatic rings. The summed E-state index contributed by atoms with van der Waals surface area (Å²) >= 11 is 11.6. The largest absolute Gasteiger partial charge is 0.480 e. The topological polar surface area (TPSA) is 66.4 Å². The molecule has 0 heterocycles. The fourth-order valence-corrected chi connectivity index (χ4v) is 1.47. The van der Waals surface area contributed by atoms with E-state index in [1.165, 1.54) is 19.9 Å². The fourth-order valence-electron chi connectivity index (χ4n) is 1.08. The summed E-state index contributed by atoms with van der Waals surface area (Å²) < 4.78 is 0. The normalized spacial score (nSPS) is 11.1. The van der Waals surface area contributed by atoms with Gasteiger partial charge in [-0.25, -0.2) is 4.79 Å². The Morgan fingerprint density at radius 3 is 2.41 bits per heavy atom. The van der Waals surface area contributed by atoms with E-state index in [1.54, 1.807) is 12.1 Å². The first-order chi connectivity index (χ1) is 7.75. The summed E-state index contributed by atoms with van der Waals surface area (Å²) in [5.41, 5.74) is -1.23. The highest BCUT2D eigenvalue weighted by atomic mass is 35.5. The number of nitrogens with one attached hydrogen (secondary N) is 1. The summed E-state index contributed by atoms with van der Waals surface area (Å²) in [7, 11) is 0. The van der Waals surface area contributed by atoms with Gasteiger partial charge in [0, 0.05) is 0 Å². The Kier molecular flexibility index (Phi) is 4.01. The van der Waals surface area contributed by atoms with Crippen LogP contribution in [0.4, 0.5) is 0 Å². The van der Waals surface area contributed by atoms with E-state index >= 15 is 0 Å². The molecule has 0 aliphatic rings. The third-order valence-corrected chi connectivity index (χ3v) is 2.98. The summed E-state index contributed by atoms with van der Waals surface area (Å²) in [6.45, 7) is 2.76. The molecule has 0 aliphatic carbocycles. The quantitative estimate of drug-likeness (QED) is 0.891. The molecule has 0 atom stereocenters. The van der Waals surface area contributed by atoms with Crippen LogP contribution in [-0.4, -0.2) is 22.5 Å². The highest BCUT2D eigenvalue weighted by Crippen LogP contribution is 2.25. The van der Waals surface area contributed by atoms with Crippen molar-refractivity contribution in [3.8, 4) is 0 Å². The van der Waals surface area contributed by atoms with E-state index in [4.69, 9.17) is 28.3 Å². The van der Waals surface area contributed by atoms with Gasteiger partial charge >= 0.3 is 5.97 Å². The number of aliphatic carboxylic acids is 1. The van der Waals surface area contributed by atoms with Gasteiger partial charge in [0.25, 0.3) is 5.91 Å². The summed E-state index contributed by atoms with van der Waals surface area (Å²) in [5.74, 6) is -1.71. The molecule has 2 N–H and O–H groups in total. The third kappa shape index (κ3) is 3.11. The molecule has 0 saturated carbocycles. The lowest BCUT2D eigenvalue weighted by Gasteiger charge is -2.21. The zero-order valence-corrected chi connectivity index (χ0v) is 10.8. The number of halogens is 2. The molecule has 1 aromatic carbocycles. The minimum atomic E-state index is -1.37. The highest BCUT2D eigenvalue weighted by molar-refractivity contribution is 6.43. The van der Waals surface area contributed by atoms with E-state index < -0.39 is 17.4 Å². The molecule has 92 valence electrons. The Bertz CT molecular complexity index is 472. The zero-order chi connectivity index (χ0) is 13.2. The highest BCUT2D eigenvalue weighted by Gasteiger charge is 2.30. The smallest absolute Gasteiger partial charge is 0.328 e. The van der Waals surface area contributed by atoms with Crippen molar-refractivity contribution in [1.82, 2.24) is 5.32 Å². The first-order valence-corrected chi connectivity index (χ1v) is 5.51. The van der Waals surface area contributed by atoms with Crippen LogP contribution in [0, 0.1) is 0 Å². The summed E-state index contributed by atoms with van der Waals surface area (Å²) in [5, 5.41) is 11.6. The zero-order valence-electron chi connectivity index (χ0n) is 9.25. The van der Waals surface area contributed by atoms with Crippen molar-refractivity contribution in [2.24, 2.45) is 0 Å². The van der Waals surface area contributed by atoms with Gasteiger partial charge < -0.3 is 10.4 Å². The van der Waals surface area contributed by atoms with E-state index in [0.29, 0.717) is 0 Å². The summed E-state index contributed by atoms with van der Waals surface area (Å²) in [6.07, 6.45) is 0. The number of rotatable bonds is 3. The van der Waals surface area contributed by atoms with Crippen LogP contribution in [0.3, 0.4) is 0 Å². The molecule has 0 saturated heterocycles. The van der Waals surface area contributed by atoms with Crippen LogP contribution in [0.15, 0.2) is 18.2 Å².